The SMILES string of the molecule is CS(=O)(=O)c1cccc(S(=O)(=O)N2CCC(C(=O)Nc3nc4c(ccc5ccccc54)s3)CC2)c1. The fourth-order valence-corrected chi connectivity index (χ4v) is 7.44. The van der Waals surface area contributed by atoms with E-state index < -0.39 is 19.9 Å². The van der Waals surface area contributed by atoms with Crippen LogP contribution < -0.4 is 5.32 Å². The largest absolute Gasteiger partial charge is 0.302 e. The fourth-order valence-electron chi connectivity index (χ4n) is 4.29. The van der Waals surface area contributed by atoms with E-state index in [0.29, 0.717) is 18.0 Å². The average Bonchev–Trinajstić information content (AvgIpc) is 3.26. The molecule has 1 N–H and O–H groups in total. The highest BCUT2D eigenvalue weighted by Crippen LogP contribution is 2.32. The maximum absolute atomic E-state index is 13.1. The number of sulfonamides is 1. The highest BCUT2D eigenvalue weighted by molar-refractivity contribution is 7.91. The first-order chi connectivity index (χ1) is 16.6. The number of nitrogens with zero attached hydrogens (tertiary/aromatic N) is 2. The van der Waals surface area contributed by atoms with Gasteiger partial charge in [-0.1, -0.05) is 47.7 Å². The molecule has 0 bridgehead atoms. The molecule has 0 saturated carbocycles. The van der Waals surface area contributed by atoms with Crippen molar-refractivity contribution in [1.29, 1.82) is 0 Å². The van der Waals surface area contributed by atoms with Crippen molar-refractivity contribution in [2.45, 2.75) is 22.6 Å². The van der Waals surface area contributed by atoms with Crippen LogP contribution in [0.25, 0.3) is 21.0 Å². The Bertz CT molecular complexity index is 1650. The van der Waals surface area contributed by atoms with Crippen molar-refractivity contribution < 1.29 is 21.6 Å². The number of benzene rings is 3. The first kappa shape index (κ1) is 23.9. The Morgan fingerprint density at radius 3 is 2.43 bits per heavy atom. The molecule has 5 rings (SSSR count). The summed E-state index contributed by atoms with van der Waals surface area (Å²) in [5.41, 5.74) is 0.848. The number of piperidine rings is 1. The van der Waals surface area contributed by atoms with Crippen LogP contribution in [0.4, 0.5) is 5.13 Å². The van der Waals surface area contributed by atoms with Gasteiger partial charge in [-0.3, -0.25) is 4.79 Å². The lowest BCUT2D eigenvalue weighted by Gasteiger charge is -2.30. The Kier molecular flexibility index (Phi) is 6.12. The minimum atomic E-state index is -3.86. The van der Waals surface area contributed by atoms with E-state index in [1.807, 2.05) is 36.4 Å². The molecule has 1 amide bonds. The van der Waals surface area contributed by atoms with Crippen molar-refractivity contribution >= 4 is 63.2 Å². The van der Waals surface area contributed by atoms with Crippen molar-refractivity contribution in [3.63, 3.8) is 0 Å². The summed E-state index contributed by atoms with van der Waals surface area (Å²) in [5.74, 6) is -0.517. The number of anilines is 1. The molecule has 1 aromatic heterocycles. The normalized spacial score (nSPS) is 16.0. The van der Waals surface area contributed by atoms with Gasteiger partial charge in [-0.25, -0.2) is 21.8 Å². The van der Waals surface area contributed by atoms with E-state index in [1.54, 1.807) is 0 Å². The lowest BCUT2D eigenvalue weighted by molar-refractivity contribution is -0.120. The second-order valence-corrected chi connectivity index (χ2v) is 13.6. The van der Waals surface area contributed by atoms with Gasteiger partial charge in [-0.2, -0.15) is 4.31 Å². The number of hydrogen-bond acceptors (Lipinski definition) is 7. The third kappa shape index (κ3) is 4.68. The van der Waals surface area contributed by atoms with Crippen LogP contribution in [0.5, 0.6) is 0 Å². The van der Waals surface area contributed by atoms with Gasteiger partial charge in [0.2, 0.25) is 15.9 Å². The zero-order valence-corrected chi connectivity index (χ0v) is 21.3. The van der Waals surface area contributed by atoms with Crippen LogP contribution in [0, 0.1) is 5.92 Å². The number of nitrogens with one attached hydrogen (secondary N) is 1. The molecular weight excluding hydrogens is 506 g/mol. The van der Waals surface area contributed by atoms with Gasteiger partial charge in [-0.15, -0.1) is 0 Å². The Morgan fingerprint density at radius 2 is 1.69 bits per heavy atom. The summed E-state index contributed by atoms with van der Waals surface area (Å²) in [5, 5.41) is 5.54. The Labute approximate surface area is 207 Å². The maximum atomic E-state index is 13.1. The summed E-state index contributed by atoms with van der Waals surface area (Å²) < 4.78 is 52.1. The fraction of sp³-hybridized carbons (Fsp3) is 0.250. The smallest absolute Gasteiger partial charge is 0.243 e. The highest BCUT2D eigenvalue weighted by Gasteiger charge is 2.33. The number of thiazole rings is 1. The van der Waals surface area contributed by atoms with E-state index in [9.17, 15) is 21.6 Å². The van der Waals surface area contributed by atoms with Gasteiger partial charge in [-0.05, 0) is 42.5 Å². The number of carbonyl (C=O) groups excluding carboxylic acids is 1. The van der Waals surface area contributed by atoms with Crippen LogP contribution in [0.2, 0.25) is 0 Å². The second-order valence-electron chi connectivity index (χ2n) is 8.57. The molecule has 1 aliphatic rings. The van der Waals surface area contributed by atoms with E-state index in [1.165, 1.54) is 39.9 Å². The van der Waals surface area contributed by atoms with Crippen molar-refractivity contribution in [2.24, 2.45) is 5.92 Å². The number of sulfone groups is 1. The molecule has 4 aromatic rings. The predicted octanol–water partition coefficient (Wildman–Crippen LogP) is 3.89. The van der Waals surface area contributed by atoms with Gasteiger partial charge in [0.15, 0.2) is 15.0 Å². The summed E-state index contributed by atoms with van der Waals surface area (Å²) >= 11 is 1.41. The van der Waals surface area contributed by atoms with Crippen molar-refractivity contribution in [3.05, 3.63) is 60.7 Å². The third-order valence-corrected chi connectivity index (χ3v) is 10.2. The van der Waals surface area contributed by atoms with E-state index in [-0.39, 0.29) is 34.7 Å². The molecule has 1 aliphatic heterocycles. The van der Waals surface area contributed by atoms with Crippen molar-refractivity contribution in [2.75, 3.05) is 24.7 Å². The van der Waals surface area contributed by atoms with E-state index in [2.05, 4.69) is 10.3 Å². The minimum Gasteiger partial charge on any atom is -0.302 e. The lowest BCUT2D eigenvalue weighted by atomic mass is 9.97. The summed E-state index contributed by atoms with van der Waals surface area (Å²) in [6, 6.07) is 17.3. The molecule has 0 atom stereocenters. The molecule has 182 valence electrons. The highest BCUT2D eigenvalue weighted by atomic mass is 32.2. The molecule has 0 spiro atoms. The third-order valence-electron chi connectivity index (χ3n) is 6.21. The summed E-state index contributed by atoms with van der Waals surface area (Å²) in [7, 11) is -7.39. The molecule has 1 saturated heterocycles. The summed E-state index contributed by atoms with van der Waals surface area (Å²) in [6.07, 6.45) is 1.77. The van der Waals surface area contributed by atoms with Crippen LogP contribution >= 0.6 is 11.3 Å². The van der Waals surface area contributed by atoms with Crippen LogP contribution in [0.3, 0.4) is 0 Å². The van der Waals surface area contributed by atoms with Crippen molar-refractivity contribution in [1.82, 2.24) is 9.29 Å². The molecule has 0 radical (unpaired) electrons. The first-order valence-corrected chi connectivity index (χ1v) is 15.2. The second kappa shape index (κ2) is 8.98. The van der Waals surface area contributed by atoms with Gasteiger partial charge in [0.1, 0.15) is 0 Å². The topological polar surface area (TPSA) is 114 Å². The summed E-state index contributed by atoms with van der Waals surface area (Å²) in [4.78, 5) is 17.4. The number of aromatic nitrogens is 1. The van der Waals surface area contributed by atoms with Crippen LogP contribution in [-0.4, -0.2) is 51.4 Å². The van der Waals surface area contributed by atoms with Crippen LogP contribution in [0.1, 0.15) is 12.8 Å². The standard InChI is InChI=1S/C24H23N3O5S3/c1-34(29,30)18-6-4-7-19(15-18)35(31,32)27-13-11-17(12-14-27)23(28)26-24-25-22-20-8-3-2-5-16(20)9-10-21(22)33-24/h2-10,15,17H,11-14H2,1H3,(H,25,26,28). The average molecular weight is 530 g/mol. The van der Waals surface area contributed by atoms with E-state index in [0.717, 1.165) is 27.2 Å². The first-order valence-electron chi connectivity index (χ1n) is 11.0. The Morgan fingerprint density at radius 1 is 0.971 bits per heavy atom. The molecule has 8 nitrogen and oxygen atoms in total. The molecule has 1 fully saturated rings. The number of carbonyl (C=O) groups is 1. The van der Waals surface area contributed by atoms with Gasteiger partial charge < -0.3 is 5.32 Å². The zero-order valence-electron chi connectivity index (χ0n) is 18.8. The van der Waals surface area contributed by atoms with Crippen LogP contribution in [0.15, 0.2) is 70.5 Å². The van der Waals surface area contributed by atoms with Crippen molar-refractivity contribution in [3.8, 4) is 0 Å². The number of rotatable bonds is 5. The Balaban J connectivity index is 1.27. The van der Waals surface area contributed by atoms with Gasteiger partial charge in [0.25, 0.3) is 0 Å². The van der Waals surface area contributed by atoms with Crippen LogP contribution in [-0.2, 0) is 24.7 Å². The predicted molar refractivity (Wildman–Crippen MR) is 137 cm³/mol. The molecule has 0 unspecified atom stereocenters. The number of amides is 1. The monoisotopic (exact) mass is 529 g/mol. The molecule has 0 aliphatic carbocycles. The number of hydrogen-bond donors (Lipinski definition) is 1. The molecular formula is C24H23N3O5S3. The molecule has 11 heteroatoms. The van der Waals surface area contributed by atoms with E-state index >= 15 is 0 Å². The maximum Gasteiger partial charge on any atom is 0.243 e. The zero-order chi connectivity index (χ0) is 24.8. The molecule has 35 heavy (non-hydrogen) atoms. The summed E-state index contributed by atoms with van der Waals surface area (Å²) in [6.45, 7) is 0.349. The van der Waals surface area contributed by atoms with E-state index in [4.69, 9.17) is 0 Å². The van der Waals surface area contributed by atoms with Gasteiger partial charge in [0.05, 0.1) is 20.0 Å². The number of fused-ring (bicyclic) bond motifs is 3. The quantitative estimate of drug-likeness (QED) is 0.420. The Hall–Kier alpha value is -2.86. The van der Waals surface area contributed by atoms with Gasteiger partial charge >= 0.3 is 0 Å². The molecule has 3 aromatic carbocycles. The molecule has 2 heterocycles. The van der Waals surface area contributed by atoms with Gasteiger partial charge in [0, 0.05) is 30.6 Å². The lowest BCUT2D eigenvalue weighted by Crippen LogP contribution is -2.41. The minimum absolute atomic E-state index is 0.0450.